The fourth-order valence-corrected chi connectivity index (χ4v) is 2.35. The third-order valence-electron chi connectivity index (χ3n) is 3.88. The van der Waals surface area contributed by atoms with E-state index in [1.807, 2.05) is 0 Å². The van der Waals surface area contributed by atoms with Gasteiger partial charge in [-0.05, 0) is 19.1 Å². The average Bonchev–Trinajstić information content (AvgIpc) is 2.47. The Kier molecular flexibility index (Phi) is 4.60. The molecule has 0 unspecified atom stereocenters. The first-order valence-corrected chi connectivity index (χ1v) is 6.98. The largest absolute Gasteiger partial charge is 0.417 e. The summed E-state index contributed by atoms with van der Waals surface area (Å²) in [5.41, 5.74) is -2.03. The van der Waals surface area contributed by atoms with Crippen molar-refractivity contribution in [1.82, 2.24) is 15.2 Å². The molecule has 8 heteroatoms. The number of pyridine rings is 1. The molecule has 2 N–H and O–H groups in total. The summed E-state index contributed by atoms with van der Waals surface area (Å²) in [6.07, 6.45) is -4.09. The number of nitrogens with zero attached hydrogens (tertiary/aromatic N) is 2. The van der Waals surface area contributed by atoms with Crippen molar-refractivity contribution in [3.63, 3.8) is 0 Å². The van der Waals surface area contributed by atoms with Crippen LogP contribution < -0.4 is 5.32 Å². The van der Waals surface area contributed by atoms with Crippen LogP contribution in [-0.2, 0) is 0 Å². The Labute approximate surface area is 126 Å². The predicted molar refractivity (Wildman–Crippen MR) is 73.0 cm³/mol. The van der Waals surface area contributed by atoms with Crippen molar-refractivity contribution in [3.8, 4) is 0 Å². The van der Waals surface area contributed by atoms with Gasteiger partial charge in [-0.2, -0.15) is 13.2 Å². The van der Waals surface area contributed by atoms with Crippen molar-refractivity contribution in [1.29, 1.82) is 0 Å². The van der Waals surface area contributed by atoms with Crippen LogP contribution >= 0.6 is 0 Å². The Morgan fingerprint density at radius 2 is 2.05 bits per heavy atom. The van der Waals surface area contributed by atoms with Crippen LogP contribution in [0.1, 0.15) is 31.5 Å². The number of nitrogens with one attached hydrogen (secondary N) is 1. The number of aromatic nitrogens is 1. The van der Waals surface area contributed by atoms with Gasteiger partial charge in [0.25, 0.3) is 0 Å². The second kappa shape index (κ2) is 6.12. The quantitative estimate of drug-likeness (QED) is 0.879. The molecule has 2 heterocycles. The van der Waals surface area contributed by atoms with Crippen LogP contribution in [0.5, 0.6) is 0 Å². The number of amides is 2. The van der Waals surface area contributed by atoms with Crippen LogP contribution in [0.2, 0.25) is 0 Å². The van der Waals surface area contributed by atoms with E-state index in [-0.39, 0.29) is 19.1 Å². The van der Waals surface area contributed by atoms with E-state index in [0.29, 0.717) is 5.69 Å². The molecule has 1 aromatic heterocycles. The lowest BCUT2D eigenvalue weighted by atomic mass is 9.91. The zero-order valence-corrected chi connectivity index (χ0v) is 12.1. The second-order valence-corrected chi connectivity index (χ2v) is 5.44. The van der Waals surface area contributed by atoms with Crippen molar-refractivity contribution in [2.24, 2.45) is 0 Å². The fourth-order valence-electron chi connectivity index (χ4n) is 2.35. The standard InChI is InChI=1S/C14H18F3N3O2/c1-10(11-4-2-3-7-18-11)19-12(21)20-8-5-13(22,6-9-20)14(15,16)17/h2-4,7,10,22H,5-6,8-9H2,1H3,(H,19,21)/t10-/m0/s1. The number of urea groups is 1. The van der Waals surface area contributed by atoms with Crippen molar-refractivity contribution >= 4 is 6.03 Å². The van der Waals surface area contributed by atoms with E-state index < -0.39 is 30.7 Å². The highest BCUT2D eigenvalue weighted by atomic mass is 19.4. The molecule has 0 bridgehead atoms. The number of alkyl halides is 3. The molecule has 1 saturated heterocycles. The zero-order valence-electron chi connectivity index (χ0n) is 12.1. The number of piperidine rings is 1. The molecule has 22 heavy (non-hydrogen) atoms. The molecule has 1 fully saturated rings. The van der Waals surface area contributed by atoms with Gasteiger partial charge in [-0.3, -0.25) is 4.98 Å². The SMILES string of the molecule is C[C@H](NC(=O)N1CCC(O)(C(F)(F)F)CC1)c1ccccn1. The molecule has 0 aromatic carbocycles. The lowest BCUT2D eigenvalue weighted by Gasteiger charge is -2.39. The fraction of sp³-hybridized carbons (Fsp3) is 0.571. The first-order valence-electron chi connectivity index (χ1n) is 6.98. The molecule has 0 radical (unpaired) electrons. The van der Waals surface area contributed by atoms with E-state index in [1.54, 1.807) is 31.3 Å². The van der Waals surface area contributed by atoms with Crippen molar-refractivity contribution in [2.75, 3.05) is 13.1 Å². The van der Waals surface area contributed by atoms with Crippen LogP contribution in [0.25, 0.3) is 0 Å². The monoisotopic (exact) mass is 317 g/mol. The van der Waals surface area contributed by atoms with Crippen molar-refractivity contribution in [2.45, 2.75) is 37.6 Å². The van der Waals surface area contributed by atoms with Crippen molar-refractivity contribution < 1.29 is 23.1 Å². The first-order chi connectivity index (χ1) is 10.2. The van der Waals surface area contributed by atoms with E-state index >= 15 is 0 Å². The molecule has 1 atom stereocenters. The van der Waals surface area contributed by atoms with Crippen LogP contribution in [0.4, 0.5) is 18.0 Å². The topological polar surface area (TPSA) is 65.5 Å². The highest BCUT2D eigenvalue weighted by Crippen LogP contribution is 2.38. The smallest absolute Gasteiger partial charge is 0.380 e. The van der Waals surface area contributed by atoms with Gasteiger partial charge in [0.15, 0.2) is 5.60 Å². The molecule has 5 nitrogen and oxygen atoms in total. The number of likely N-dealkylation sites (tertiary alicyclic amines) is 1. The summed E-state index contributed by atoms with van der Waals surface area (Å²) >= 11 is 0. The maximum absolute atomic E-state index is 12.7. The Morgan fingerprint density at radius 1 is 1.41 bits per heavy atom. The Hall–Kier alpha value is -1.83. The van der Waals surface area contributed by atoms with E-state index in [9.17, 15) is 23.1 Å². The molecular formula is C14H18F3N3O2. The Morgan fingerprint density at radius 3 is 2.55 bits per heavy atom. The van der Waals surface area contributed by atoms with Gasteiger partial charge >= 0.3 is 12.2 Å². The number of carbonyl (C=O) groups is 1. The number of hydrogen-bond acceptors (Lipinski definition) is 3. The minimum Gasteiger partial charge on any atom is -0.380 e. The summed E-state index contributed by atoms with van der Waals surface area (Å²) in [5, 5.41) is 12.3. The van der Waals surface area contributed by atoms with Gasteiger partial charge in [-0.1, -0.05) is 6.07 Å². The molecule has 1 aliphatic heterocycles. The van der Waals surface area contributed by atoms with Gasteiger partial charge in [0.05, 0.1) is 11.7 Å². The maximum Gasteiger partial charge on any atom is 0.417 e. The van der Waals surface area contributed by atoms with Gasteiger partial charge in [0, 0.05) is 32.1 Å². The molecular weight excluding hydrogens is 299 g/mol. The summed E-state index contributed by atoms with van der Waals surface area (Å²) in [4.78, 5) is 17.5. The molecule has 0 aliphatic carbocycles. The van der Waals surface area contributed by atoms with Gasteiger partial charge in [-0.25, -0.2) is 4.79 Å². The summed E-state index contributed by atoms with van der Waals surface area (Å²) in [5.74, 6) is 0. The zero-order chi connectivity index (χ0) is 16.4. The summed E-state index contributed by atoms with van der Waals surface area (Å²) < 4.78 is 38.1. The van der Waals surface area contributed by atoms with Gasteiger partial charge in [0.1, 0.15) is 0 Å². The van der Waals surface area contributed by atoms with Gasteiger partial charge < -0.3 is 15.3 Å². The van der Waals surface area contributed by atoms with Gasteiger partial charge in [-0.15, -0.1) is 0 Å². The minimum atomic E-state index is -4.67. The van der Waals surface area contributed by atoms with Crippen molar-refractivity contribution in [3.05, 3.63) is 30.1 Å². The van der Waals surface area contributed by atoms with Gasteiger partial charge in [0.2, 0.25) is 0 Å². The molecule has 0 spiro atoms. The first kappa shape index (κ1) is 16.5. The van der Waals surface area contributed by atoms with Crippen LogP contribution in [0.3, 0.4) is 0 Å². The summed E-state index contributed by atoms with van der Waals surface area (Å²) in [6.45, 7) is 1.46. The maximum atomic E-state index is 12.7. The number of hydrogen-bond donors (Lipinski definition) is 2. The van der Waals surface area contributed by atoms with E-state index in [1.165, 1.54) is 4.90 Å². The Bertz CT molecular complexity index is 514. The number of carbonyl (C=O) groups excluding carboxylic acids is 1. The molecule has 2 amide bonds. The highest BCUT2D eigenvalue weighted by Gasteiger charge is 2.54. The third-order valence-corrected chi connectivity index (χ3v) is 3.88. The highest BCUT2D eigenvalue weighted by molar-refractivity contribution is 5.74. The lowest BCUT2D eigenvalue weighted by molar-refractivity contribution is -0.271. The summed E-state index contributed by atoms with van der Waals surface area (Å²) in [7, 11) is 0. The molecule has 2 rings (SSSR count). The molecule has 0 saturated carbocycles. The van der Waals surface area contributed by atoms with Crippen LogP contribution in [0, 0.1) is 0 Å². The normalized spacial score (nSPS) is 19.6. The second-order valence-electron chi connectivity index (χ2n) is 5.44. The molecule has 1 aromatic rings. The molecule has 1 aliphatic rings. The average molecular weight is 317 g/mol. The van der Waals surface area contributed by atoms with Crippen LogP contribution in [0.15, 0.2) is 24.4 Å². The number of aliphatic hydroxyl groups is 1. The predicted octanol–water partition coefficient (Wildman–Crippen LogP) is 2.24. The third kappa shape index (κ3) is 3.49. The number of halogens is 3. The molecule has 122 valence electrons. The van der Waals surface area contributed by atoms with E-state index in [2.05, 4.69) is 10.3 Å². The van der Waals surface area contributed by atoms with Crippen LogP contribution in [-0.4, -0.2) is 45.9 Å². The Balaban J connectivity index is 1.91. The lowest BCUT2D eigenvalue weighted by Crippen LogP contribution is -2.56. The van der Waals surface area contributed by atoms with E-state index in [4.69, 9.17) is 0 Å². The van der Waals surface area contributed by atoms with E-state index in [0.717, 1.165) is 0 Å². The summed E-state index contributed by atoms with van der Waals surface area (Å²) in [6, 6.07) is 4.49. The number of rotatable bonds is 2. The minimum absolute atomic E-state index is 0.142.